The molecule has 21 heavy (non-hydrogen) atoms. The molecule has 0 aromatic heterocycles. The maximum atomic E-state index is 6.38. The third-order valence-corrected chi connectivity index (χ3v) is 6.08. The molecule has 3 atom stereocenters. The monoisotopic (exact) mass is 370 g/mol. The van der Waals surface area contributed by atoms with Crippen LogP contribution < -0.4 is 5.32 Å². The first kappa shape index (κ1) is 15.8. The van der Waals surface area contributed by atoms with E-state index in [1.54, 1.807) is 0 Å². The molecule has 3 unspecified atom stereocenters. The SMILES string of the molecule is CC(NC1CC2CCCC(C1)N2C)c1ccc(Br)cc1Cl. The summed E-state index contributed by atoms with van der Waals surface area (Å²) in [5.41, 5.74) is 1.20. The molecule has 0 radical (unpaired) electrons. The van der Waals surface area contributed by atoms with E-state index in [4.69, 9.17) is 11.6 Å². The quantitative estimate of drug-likeness (QED) is 0.823. The minimum Gasteiger partial charge on any atom is -0.307 e. The molecule has 0 aliphatic carbocycles. The van der Waals surface area contributed by atoms with Gasteiger partial charge in [0.25, 0.3) is 0 Å². The molecule has 2 saturated heterocycles. The molecule has 116 valence electrons. The number of nitrogens with one attached hydrogen (secondary N) is 1. The fourth-order valence-corrected chi connectivity index (χ4v) is 4.88. The lowest BCUT2D eigenvalue weighted by atomic mass is 9.82. The summed E-state index contributed by atoms with van der Waals surface area (Å²) in [4.78, 5) is 2.61. The predicted octanol–water partition coefficient (Wildman–Crippen LogP) is 4.77. The van der Waals surface area contributed by atoms with Crippen molar-refractivity contribution >= 4 is 27.5 Å². The molecule has 0 amide bonds. The molecule has 4 heteroatoms. The van der Waals surface area contributed by atoms with Crippen molar-refractivity contribution in [3.8, 4) is 0 Å². The van der Waals surface area contributed by atoms with Gasteiger partial charge in [-0.1, -0.05) is 40.0 Å². The highest BCUT2D eigenvalue weighted by atomic mass is 79.9. The van der Waals surface area contributed by atoms with E-state index in [1.165, 1.54) is 37.7 Å². The topological polar surface area (TPSA) is 15.3 Å². The van der Waals surface area contributed by atoms with Crippen molar-refractivity contribution < 1.29 is 0 Å². The second kappa shape index (κ2) is 6.57. The Bertz CT molecular complexity index is 494. The van der Waals surface area contributed by atoms with Crippen molar-refractivity contribution in [3.05, 3.63) is 33.3 Å². The molecule has 2 fully saturated rings. The zero-order valence-corrected chi connectivity index (χ0v) is 15.1. The van der Waals surface area contributed by atoms with Crippen LogP contribution in [0.3, 0.4) is 0 Å². The molecule has 2 bridgehead atoms. The zero-order chi connectivity index (χ0) is 15.0. The van der Waals surface area contributed by atoms with Crippen LogP contribution in [0.25, 0.3) is 0 Å². The van der Waals surface area contributed by atoms with Gasteiger partial charge in [0.15, 0.2) is 0 Å². The Balaban J connectivity index is 1.66. The first-order valence-electron chi connectivity index (χ1n) is 7.97. The van der Waals surface area contributed by atoms with Gasteiger partial charge in [0.05, 0.1) is 0 Å². The third kappa shape index (κ3) is 3.47. The molecule has 1 N–H and O–H groups in total. The molecule has 1 aromatic carbocycles. The summed E-state index contributed by atoms with van der Waals surface area (Å²) in [6.07, 6.45) is 6.66. The van der Waals surface area contributed by atoms with Gasteiger partial charge in [-0.3, -0.25) is 0 Å². The highest BCUT2D eigenvalue weighted by Gasteiger charge is 2.36. The van der Waals surface area contributed by atoms with E-state index in [2.05, 4.69) is 52.3 Å². The average Bonchev–Trinajstić information content (AvgIpc) is 2.39. The van der Waals surface area contributed by atoms with E-state index in [0.29, 0.717) is 12.1 Å². The number of benzene rings is 1. The van der Waals surface area contributed by atoms with Crippen LogP contribution in [0.1, 0.15) is 50.6 Å². The maximum absolute atomic E-state index is 6.38. The lowest BCUT2D eigenvalue weighted by Gasteiger charge is -2.47. The van der Waals surface area contributed by atoms with Crippen molar-refractivity contribution in [1.82, 2.24) is 10.2 Å². The lowest BCUT2D eigenvalue weighted by Crippen LogP contribution is -2.54. The van der Waals surface area contributed by atoms with Crippen molar-refractivity contribution in [1.29, 1.82) is 0 Å². The highest BCUT2D eigenvalue weighted by Crippen LogP contribution is 2.34. The third-order valence-electron chi connectivity index (χ3n) is 5.25. The van der Waals surface area contributed by atoms with Gasteiger partial charge in [-0.15, -0.1) is 0 Å². The van der Waals surface area contributed by atoms with Crippen LogP contribution in [0.15, 0.2) is 22.7 Å². The summed E-state index contributed by atoms with van der Waals surface area (Å²) >= 11 is 9.86. The maximum Gasteiger partial charge on any atom is 0.0464 e. The minimum atomic E-state index is 0.305. The Morgan fingerprint density at radius 3 is 2.57 bits per heavy atom. The van der Waals surface area contributed by atoms with Crippen LogP contribution in [0.2, 0.25) is 5.02 Å². The van der Waals surface area contributed by atoms with Gasteiger partial charge < -0.3 is 10.2 Å². The summed E-state index contributed by atoms with van der Waals surface area (Å²) < 4.78 is 1.04. The Labute approximate surface area is 141 Å². The Hall–Kier alpha value is -0.0900. The van der Waals surface area contributed by atoms with E-state index in [-0.39, 0.29) is 0 Å². The van der Waals surface area contributed by atoms with Crippen LogP contribution in [0, 0.1) is 0 Å². The van der Waals surface area contributed by atoms with Crippen molar-refractivity contribution in [2.75, 3.05) is 7.05 Å². The number of rotatable bonds is 3. The second-order valence-corrected chi connectivity index (χ2v) is 7.95. The van der Waals surface area contributed by atoms with E-state index < -0.39 is 0 Å². The summed E-state index contributed by atoms with van der Waals surface area (Å²) in [6, 6.07) is 8.64. The summed E-state index contributed by atoms with van der Waals surface area (Å²) in [6.45, 7) is 2.23. The fraction of sp³-hybridized carbons (Fsp3) is 0.647. The molecule has 2 aliphatic rings. The molecular weight excluding hydrogens is 348 g/mol. The smallest absolute Gasteiger partial charge is 0.0464 e. The molecule has 2 heterocycles. The van der Waals surface area contributed by atoms with Crippen molar-refractivity contribution in [3.63, 3.8) is 0 Å². The van der Waals surface area contributed by atoms with Crippen LogP contribution >= 0.6 is 27.5 Å². The van der Waals surface area contributed by atoms with Gasteiger partial charge in [-0.2, -0.15) is 0 Å². The van der Waals surface area contributed by atoms with Gasteiger partial charge in [0, 0.05) is 33.7 Å². The fourth-order valence-electron chi connectivity index (χ4n) is 4.05. The molecular formula is C17H24BrClN2. The number of nitrogens with zero attached hydrogens (tertiary/aromatic N) is 1. The van der Waals surface area contributed by atoms with E-state index in [9.17, 15) is 0 Å². The predicted molar refractivity (Wildman–Crippen MR) is 92.9 cm³/mol. The van der Waals surface area contributed by atoms with Crippen molar-refractivity contribution in [2.45, 2.75) is 63.2 Å². The number of halogens is 2. The van der Waals surface area contributed by atoms with Crippen LogP contribution in [-0.4, -0.2) is 30.1 Å². The summed E-state index contributed by atoms with van der Waals surface area (Å²) in [5.74, 6) is 0. The molecule has 2 nitrogen and oxygen atoms in total. The van der Waals surface area contributed by atoms with Gasteiger partial charge >= 0.3 is 0 Å². The van der Waals surface area contributed by atoms with Crippen LogP contribution in [0.4, 0.5) is 0 Å². The lowest BCUT2D eigenvalue weighted by molar-refractivity contribution is 0.0463. The Morgan fingerprint density at radius 2 is 1.95 bits per heavy atom. The molecule has 1 aromatic rings. The van der Waals surface area contributed by atoms with Crippen LogP contribution in [-0.2, 0) is 0 Å². The molecule has 2 aliphatic heterocycles. The zero-order valence-electron chi connectivity index (χ0n) is 12.8. The van der Waals surface area contributed by atoms with Crippen LogP contribution in [0.5, 0.6) is 0 Å². The minimum absolute atomic E-state index is 0.305. The second-order valence-electron chi connectivity index (χ2n) is 6.63. The van der Waals surface area contributed by atoms with Gasteiger partial charge in [-0.25, -0.2) is 0 Å². The van der Waals surface area contributed by atoms with E-state index >= 15 is 0 Å². The van der Waals surface area contributed by atoms with E-state index in [0.717, 1.165) is 21.6 Å². The Morgan fingerprint density at radius 1 is 1.29 bits per heavy atom. The number of hydrogen-bond acceptors (Lipinski definition) is 2. The first-order chi connectivity index (χ1) is 10.0. The molecule has 0 spiro atoms. The molecule has 0 saturated carbocycles. The summed E-state index contributed by atoms with van der Waals surface area (Å²) in [5, 5.41) is 4.66. The Kier molecular flexibility index (Phi) is 4.94. The van der Waals surface area contributed by atoms with Gasteiger partial charge in [-0.05, 0) is 57.4 Å². The highest BCUT2D eigenvalue weighted by molar-refractivity contribution is 9.10. The number of piperidine rings is 2. The summed E-state index contributed by atoms with van der Waals surface area (Å²) in [7, 11) is 2.31. The first-order valence-corrected chi connectivity index (χ1v) is 9.14. The number of hydrogen-bond donors (Lipinski definition) is 1. The van der Waals surface area contributed by atoms with Gasteiger partial charge in [0.2, 0.25) is 0 Å². The molecule has 3 rings (SSSR count). The largest absolute Gasteiger partial charge is 0.307 e. The van der Waals surface area contributed by atoms with E-state index in [1.807, 2.05) is 6.07 Å². The van der Waals surface area contributed by atoms with Gasteiger partial charge in [0.1, 0.15) is 0 Å². The standard InChI is InChI=1S/C17H24BrClN2/c1-11(16-7-6-12(18)8-17(16)19)20-13-9-14-4-3-5-15(10-13)21(14)2/h6-8,11,13-15,20H,3-5,9-10H2,1-2H3. The normalized spacial score (nSPS) is 31.1. The number of fused-ring (bicyclic) bond motifs is 2. The average molecular weight is 372 g/mol. The van der Waals surface area contributed by atoms with Crippen molar-refractivity contribution in [2.24, 2.45) is 0 Å².